The van der Waals surface area contributed by atoms with Crippen molar-refractivity contribution in [2.45, 2.75) is 111 Å². The van der Waals surface area contributed by atoms with E-state index < -0.39 is 0 Å². The summed E-state index contributed by atoms with van der Waals surface area (Å²) in [7, 11) is 0. The van der Waals surface area contributed by atoms with E-state index in [1.807, 2.05) is 0 Å². The predicted octanol–water partition coefficient (Wildman–Crippen LogP) is 6.46. The summed E-state index contributed by atoms with van der Waals surface area (Å²) in [5, 5.41) is 0. The van der Waals surface area contributed by atoms with Crippen molar-refractivity contribution < 1.29 is 19.1 Å². The van der Waals surface area contributed by atoms with Gasteiger partial charge in [0.15, 0.2) is 0 Å². The van der Waals surface area contributed by atoms with Crippen LogP contribution in [-0.4, -0.2) is 25.2 Å². The SMILES string of the molecule is CCCCCOC(=O)C1CCCC(C(=O)OCCCCCCCCC(C)C)C1. The Kier molecular flexibility index (Phi) is 14.1. The smallest absolute Gasteiger partial charge is 0.308 e. The molecule has 1 aliphatic carbocycles. The average molecular weight is 397 g/mol. The topological polar surface area (TPSA) is 52.6 Å². The average Bonchev–Trinajstić information content (AvgIpc) is 2.69. The summed E-state index contributed by atoms with van der Waals surface area (Å²) in [6.45, 7) is 7.72. The van der Waals surface area contributed by atoms with Gasteiger partial charge in [0.25, 0.3) is 0 Å². The van der Waals surface area contributed by atoms with Gasteiger partial charge in [0.2, 0.25) is 0 Å². The zero-order valence-electron chi connectivity index (χ0n) is 18.7. The Morgan fingerprint density at radius 1 is 0.786 bits per heavy atom. The molecule has 1 fully saturated rings. The third kappa shape index (κ3) is 11.7. The van der Waals surface area contributed by atoms with E-state index in [2.05, 4.69) is 20.8 Å². The van der Waals surface area contributed by atoms with Crippen LogP contribution in [0.25, 0.3) is 0 Å². The summed E-state index contributed by atoms with van der Waals surface area (Å²) in [6.07, 6.45) is 14.9. The lowest BCUT2D eigenvalue weighted by atomic mass is 9.81. The highest BCUT2D eigenvalue weighted by molar-refractivity contribution is 5.76. The molecule has 28 heavy (non-hydrogen) atoms. The first kappa shape index (κ1) is 25.0. The van der Waals surface area contributed by atoms with Crippen LogP contribution >= 0.6 is 0 Å². The fourth-order valence-electron chi connectivity index (χ4n) is 3.91. The number of ether oxygens (including phenoxy) is 2. The molecule has 0 N–H and O–H groups in total. The molecule has 0 radical (unpaired) electrons. The normalized spacial score (nSPS) is 19.6. The fourth-order valence-corrected chi connectivity index (χ4v) is 3.91. The Morgan fingerprint density at radius 3 is 1.82 bits per heavy atom. The van der Waals surface area contributed by atoms with Crippen molar-refractivity contribution in [3.63, 3.8) is 0 Å². The Bertz CT molecular complexity index is 419. The number of esters is 2. The minimum atomic E-state index is -0.127. The minimum absolute atomic E-state index is 0.111. The van der Waals surface area contributed by atoms with Crippen LogP contribution in [0.2, 0.25) is 0 Å². The van der Waals surface area contributed by atoms with Gasteiger partial charge in [0, 0.05) is 0 Å². The van der Waals surface area contributed by atoms with Gasteiger partial charge < -0.3 is 9.47 Å². The molecule has 0 saturated heterocycles. The molecule has 0 aliphatic heterocycles. The highest BCUT2D eigenvalue weighted by Crippen LogP contribution is 2.31. The molecule has 0 aromatic heterocycles. The van der Waals surface area contributed by atoms with Crippen LogP contribution < -0.4 is 0 Å². The Hall–Kier alpha value is -1.06. The van der Waals surface area contributed by atoms with Crippen LogP contribution in [0.3, 0.4) is 0 Å². The second-order valence-corrected chi connectivity index (χ2v) is 8.91. The van der Waals surface area contributed by atoms with E-state index in [1.165, 1.54) is 32.1 Å². The summed E-state index contributed by atoms with van der Waals surface area (Å²) in [5.41, 5.74) is 0. The van der Waals surface area contributed by atoms with E-state index >= 15 is 0 Å². The Morgan fingerprint density at radius 2 is 1.29 bits per heavy atom. The summed E-state index contributed by atoms with van der Waals surface area (Å²) in [6, 6.07) is 0. The molecule has 0 aromatic rings. The van der Waals surface area contributed by atoms with Crippen molar-refractivity contribution >= 4 is 11.9 Å². The summed E-state index contributed by atoms with van der Waals surface area (Å²) in [4.78, 5) is 24.5. The highest BCUT2D eigenvalue weighted by atomic mass is 16.5. The van der Waals surface area contributed by atoms with Gasteiger partial charge in [0.1, 0.15) is 0 Å². The lowest BCUT2D eigenvalue weighted by Crippen LogP contribution is -2.30. The molecule has 0 spiro atoms. The Labute approximate surface area is 173 Å². The lowest BCUT2D eigenvalue weighted by molar-refractivity contribution is -0.155. The quantitative estimate of drug-likeness (QED) is 0.235. The van der Waals surface area contributed by atoms with Gasteiger partial charge in [-0.25, -0.2) is 0 Å². The first-order valence-electron chi connectivity index (χ1n) is 11.9. The van der Waals surface area contributed by atoms with E-state index in [1.54, 1.807) is 0 Å². The molecule has 1 rings (SSSR count). The molecule has 1 saturated carbocycles. The maximum Gasteiger partial charge on any atom is 0.308 e. The number of unbranched alkanes of at least 4 members (excludes halogenated alkanes) is 7. The van der Waals surface area contributed by atoms with E-state index in [0.717, 1.165) is 57.3 Å². The first-order valence-corrected chi connectivity index (χ1v) is 11.9. The number of rotatable bonds is 15. The van der Waals surface area contributed by atoms with E-state index in [-0.39, 0.29) is 23.8 Å². The Balaban J connectivity index is 2.09. The van der Waals surface area contributed by atoms with Crippen LogP contribution in [-0.2, 0) is 19.1 Å². The number of hydrogen-bond acceptors (Lipinski definition) is 4. The first-order chi connectivity index (χ1) is 13.5. The van der Waals surface area contributed by atoms with Crippen molar-refractivity contribution in [3.8, 4) is 0 Å². The van der Waals surface area contributed by atoms with Crippen molar-refractivity contribution in [3.05, 3.63) is 0 Å². The van der Waals surface area contributed by atoms with E-state index in [0.29, 0.717) is 19.6 Å². The summed E-state index contributed by atoms with van der Waals surface area (Å²) in [5.74, 6) is 0.324. The molecule has 1 aliphatic rings. The number of carbonyl (C=O) groups excluding carboxylic acids is 2. The zero-order chi connectivity index (χ0) is 20.6. The maximum absolute atomic E-state index is 12.3. The van der Waals surface area contributed by atoms with Crippen molar-refractivity contribution in [2.75, 3.05) is 13.2 Å². The van der Waals surface area contributed by atoms with Crippen LogP contribution in [0.5, 0.6) is 0 Å². The summed E-state index contributed by atoms with van der Waals surface area (Å²) < 4.78 is 10.9. The van der Waals surface area contributed by atoms with Crippen molar-refractivity contribution in [1.29, 1.82) is 0 Å². The molecule has 0 aromatic carbocycles. The third-order valence-electron chi connectivity index (χ3n) is 5.75. The van der Waals surface area contributed by atoms with Gasteiger partial charge in [0.05, 0.1) is 25.0 Å². The molecule has 2 atom stereocenters. The molecule has 0 bridgehead atoms. The molecule has 0 amide bonds. The van der Waals surface area contributed by atoms with Gasteiger partial charge >= 0.3 is 11.9 Å². The molecule has 2 unspecified atom stereocenters. The van der Waals surface area contributed by atoms with Crippen LogP contribution in [0.1, 0.15) is 111 Å². The van der Waals surface area contributed by atoms with E-state index in [4.69, 9.17) is 9.47 Å². The zero-order valence-corrected chi connectivity index (χ0v) is 18.7. The largest absolute Gasteiger partial charge is 0.465 e. The van der Waals surface area contributed by atoms with Crippen molar-refractivity contribution in [1.82, 2.24) is 0 Å². The standard InChI is InChI=1S/C24H44O4/c1-4-5-11-17-27-23(25)21-15-13-16-22(19-21)24(26)28-18-12-9-7-6-8-10-14-20(2)3/h20-22H,4-19H2,1-3H3. The lowest BCUT2D eigenvalue weighted by Gasteiger charge is -2.26. The molecule has 0 heterocycles. The van der Waals surface area contributed by atoms with Gasteiger partial charge in [-0.2, -0.15) is 0 Å². The monoisotopic (exact) mass is 396 g/mol. The number of carbonyl (C=O) groups is 2. The predicted molar refractivity (Wildman–Crippen MR) is 114 cm³/mol. The van der Waals surface area contributed by atoms with Gasteiger partial charge in [-0.3, -0.25) is 9.59 Å². The van der Waals surface area contributed by atoms with Crippen LogP contribution in [0.4, 0.5) is 0 Å². The molecular formula is C24H44O4. The third-order valence-corrected chi connectivity index (χ3v) is 5.75. The van der Waals surface area contributed by atoms with Crippen molar-refractivity contribution in [2.24, 2.45) is 17.8 Å². The fraction of sp³-hybridized carbons (Fsp3) is 0.917. The van der Waals surface area contributed by atoms with Gasteiger partial charge in [-0.05, 0) is 38.0 Å². The second kappa shape index (κ2) is 15.8. The highest BCUT2D eigenvalue weighted by Gasteiger charge is 2.32. The van der Waals surface area contributed by atoms with Gasteiger partial charge in [-0.1, -0.05) is 78.6 Å². The minimum Gasteiger partial charge on any atom is -0.465 e. The summed E-state index contributed by atoms with van der Waals surface area (Å²) >= 11 is 0. The molecule has 4 heteroatoms. The van der Waals surface area contributed by atoms with Crippen LogP contribution in [0.15, 0.2) is 0 Å². The maximum atomic E-state index is 12.3. The van der Waals surface area contributed by atoms with Crippen LogP contribution in [0, 0.1) is 17.8 Å². The number of hydrogen-bond donors (Lipinski definition) is 0. The van der Waals surface area contributed by atoms with Gasteiger partial charge in [-0.15, -0.1) is 0 Å². The molecular weight excluding hydrogens is 352 g/mol. The second-order valence-electron chi connectivity index (χ2n) is 8.91. The molecule has 164 valence electrons. The van der Waals surface area contributed by atoms with E-state index in [9.17, 15) is 9.59 Å². The molecule has 4 nitrogen and oxygen atoms in total.